The molecule has 3 unspecified atom stereocenters. The molecule has 2 aliphatic heterocycles. The molecular formula is C24H51N3O4. The first-order valence-corrected chi connectivity index (χ1v) is 12.3. The van der Waals surface area contributed by atoms with Gasteiger partial charge in [0.15, 0.2) is 0 Å². The molecule has 186 valence electrons. The molecule has 31 heavy (non-hydrogen) atoms. The molecule has 0 aromatic heterocycles. The Morgan fingerprint density at radius 1 is 0.871 bits per heavy atom. The lowest BCUT2D eigenvalue weighted by Crippen LogP contribution is -2.50. The molecule has 2 amide bonds. The minimum atomic E-state index is -0.781. The van der Waals surface area contributed by atoms with Crippen LogP contribution in [0.5, 0.6) is 0 Å². The minimum absolute atomic E-state index is 0.0115. The van der Waals surface area contributed by atoms with Crippen LogP contribution in [0.3, 0.4) is 0 Å². The number of piperidine rings is 2. The number of hydrogen-bond donors (Lipinski definition) is 3. The van der Waals surface area contributed by atoms with Crippen LogP contribution in [0, 0.1) is 11.8 Å². The third-order valence-electron chi connectivity index (χ3n) is 5.60. The average molecular weight is 446 g/mol. The number of nitrogens with one attached hydrogen (secondary N) is 1. The van der Waals surface area contributed by atoms with Gasteiger partial charge in [-0.1, -0.05) is 55.4 Å². The van der Waals surface area contributed by atoms with Crippen molar-refractivity contribution in [1.29, 1.82) is 0 Å². The number of likely N-dealkylation sites (tertiary alicyclic amines) is 2. The van der Waals surface area contributed by atoms with Crippen LogP contribution < -0.4 is 5.32 Å². The van der Waals surface area contributed by atoms with E-state index in [2.05, 4.69) is 5.32 Å². The summed E-state index contributed by atoms with van der Waals surface area (Å²) in [6, 6.07) is 0.608. The molecule has 0 spiro atoms. The summed E-state index contributed by atoms with van der Waals surface area (Å²) in [5.41, 5.74) is 0. The van der Waals surface area contributed by atoms with Gasteiger partial charge in [0.05, 0.1) is 12.2 Å². The van der Waals surface area contributed by atoms with Gasteiger partial charge in [0.25, 0.3) is 0 Å². The molecular weight excluding hydrogens is 394 g/mol. The van der Waals surface area contributed by atoms with Gasteiger partial charge in [-0.15, -0.1) is 0 Å². The molecule has 0 aliphatic carbocycles. The van der Waals surface area contributed by atoms with Crippen molar-refractivity contribution in [1.82, 2.24) is 15.1 Å². The predicted molar refractivity (Wildman–Crippen MR) is 129 cm³/mol. The van der Waals surface area contributed by atoms with Crippen molar-refractivity contribution in [3.05, 3.63) is 0 Å². The molecule has 0 aromatic rings. The summed E-state index contributed by atoms with van der Waals surface area (Å²) in [6.07, 6.45) is 2.02. The molecule has 3 N–H and O–H groups in total. The summed E-state index contributed by atoms with van der Waals surface area (Å²) in [5, 5.41) is 21.9. The second-order valence-corrected chi connectivity index (χ2v) is 8.06. The maximum atomic E-state index is 11.7. The molecule has 0 radical (unpaired) electrons. The summed E-state index contributed by atoms with van der Waals surface area (Å²) in [4.78, 5) is 26.9. The summed E-state index contributed by atoms with van der Waals surface area (Å²) in [7, 11) is 1.99. The van der Waals surface area contributed by atoms with Gasteiger partial charge in [-0.25, -0.2) is 0 Å². The monoisotopic (exact) mass is 445 g/mol. The molecule has 0 saturated carbocycles. The highest BCUT2D eigenvalue weighted by molar-refractivity contribution is 5.78. The first-order chi connectivity index (χ1) is 14.7. The third-order valence-corrected chi connectivity index (χ3v) is 5.60. The number of carbonyl (C=O) groups excluding carboxylic acids is 2. The summed E-state index contributed by atoms with van der Waals surface area (Å²) >= 11 is 0. The van der Waals surface area contributed by atoms with E-state index in [0.717, 1.165) is 32.4 Å². The van der Waals surface area contributed by atoms with Crippen LogP contribution in [-0.4, -0.2) is 83.3 Å². The van der Waals surface area contributed by atoms with Crippen molar-refractivity contribution in [2.45, 2.75) is 99.3 Å². The number of aliphatic hydroxyl groups excluding tert-OH is 2. The SMILES string of the molecule is CC.CC.CCC(C)C(=O)N1CCC(O)C(O)C1.CNC1CCN(C(=O)C(C)C)CC1. The van der Waals surface area contributed by atoms with Gasteiger partial charge in [-0.2, -0.15) is 0 Å². The molecule has 2 aliphatic rings. The standard InChI is InChI=1S/C10H20N2O.C10H19NO3.2C2H6/c1-8(2)10(13)12-6-4-9(11-3)5-7-12;1-3-7(2)10(14)11-5-4-8(12)9(13)6-11;2*1-2/h8-9,11H,4-7H2,1-3H3;7-9,12-13H,3-6H2,1-2H3;2*1-2H3. The van der Waals surface area contributed by atoms with Crippen molar-refractivity contribution < 1.29 is 19.8 Å². The smallest absolute Gasteiger partial charge is 0.225 e. The van der Waals surface area contributed by atoms with Crippen molar-refractivity contribution >= 4 is 11.8 Å². The second-order valence-electron chi connectivity index (χ2n) is 8.06. The number of carbonyl (C=O) groups is 2. The first-order valence-electron chi connectivity index (χ1n) is 12.3. The molecule has 7 nitrogen and oxygen atoms in total. The van der Waals surface area contributed by atoms with Crippen LogP contribution >= 0.6 is 0 Å². The van der Waals surface area contributed by atoms with Gasteiger partial charge >= 0.3 is 0 Å². The van der Waals surface area contributed by atoms with Crippen LogP contribution in [0.1, 0.15) is 81.1 Å². The predicted octanol–water partition coefficient (Wildman–Crippen LogP) is 2.89. The maximum Gasteiger partial charge on any atom is 0.225 e. The zero-order valence-corrected chi connectivity index (χ0v) is 21.6. The zero-order valence-electron chi connectivity index (χ0n) is 21.6. The van der Waals surface area contributed by atoms with E-state index in [4.69, 9.17) is 0 Å². The number of amides is 2. The lowest BCUT2D eigenvalue weighted by molar-refractivity contribution is -0.141. The van der Waals surface area contributed by atoms with Crippen molar-refractivity contribution in [3.8, 4) is 0 Å². The quantitative estimate of drug-likeness (QED) is 0.619. The molecule has 2 fully saturated rings. The van der Waals surface area contributed by atoms with Gasteiger partial charge < -0.3 is 25.3 Å². The fourth-order valence-corrected chi connectivity index (χ4v) is 3.36. The Morgan fingerprint density at radius 2 is 1.35 bits per heavy atom. The van der Waals surface area contributed by atoms with E-state index in [9.17, 15) is 19.8 Å². The van der Waals surface area contributed by atoms with E-state index in [-0.39, 0.29) is 24.3 Å². The Kier molecular flexibility index (Phi) is 19.0. The molecule has 3 atom stereocenters. The Balaban J connectivity index is 0. The van der Waals surface area contributed by atoms with E-state index in [0.29, 0.717) is 24.9 Å². The highest BCUT2D eigenvalue weighted by atomic mass is 16.3. The largest absolute Gasteiger partial charge is 0.390 e. The van der Waals surface area contributed by atoms with E-state index < -0.39 is 12.2 Å². The lowest BCUT2D eigenvalue weighted by atomic mass is 10.0. The fraction of sp³-hybridized carbons (Fsp3) is 0.917. The molecule has 2 saturated heterocycles. The maximum absolute atomic E-state index is 11.7. The topological polar surface area (TPSA) is 93.1 Å². The Labute approximate surface area is 191 Å². The summed E-state index contributed by atoms with van der Waals surface area (Å²) in [6.45, 7) is 18.5. The molecule has 7 heteroatoms. The number of aliphatic hydroxyl groups is 2. The van der Waals surface area contributed by atoms with Crippen LogP contribution in [-0.2, 0) is 9.59 Å². The average Bonchev–Trinajstić information content (AvgIpc) is 2.82. The molecule has 0 aromatic carbocycles. The zero-order chi connectivity index (χ0) is 24.6. The molecule has 2 rings (SSSR count). The Hall–Kier alpha value is -1.18. The first kappa shape index (κ1) is 32.0. The van der Waals surface area contributed by atoms with Crippen LogP contribution in [0.4, 0.5) is 0 Å². The Bertz CT molecular complexity index is 466. The highest BCUT2D eigenvalue weighted by Crippen LogP contribution is 2.15. The normalized spacial score (nSPS) is 22.2. The van der Waals surface area contributed by atoms with E-state index >= 15 is 0 Å². The number of rotatable bonds is 4. The minimum Gasteiger partial charge on any atom is -0.390 e. The second kappa shape index (κ2) is 18.4. The number of hydrogen-bond acceptors (Lipinski definition) is 5. The Morgan fingerprint density at radius 3 is 1.74 bits per heavy atom. The highest BCUT2D eigenvalue weighted by Gasteiger charge is 2.30. The number of β-amino-alcohol motifs (C(OH)–C–C–N with tert-alkyl or cyclic N) is 1. The van der Waals surface area contributed by atoms with Gasteiger partial charge in [-0.05, 0) is 32.7 Å². The third kappa shape index (κ3) is 11.9. The fourth-order valence-electron chi connectivity index (χ4n) is 3.36. The van der Waals surface area contributed by atoms with Gasteiger partial charge in [0, 0.05) is 44.1 Å². The van der Waals surface area contributed by atoms with Crippen LogP contribution in [0.2, 0.25) is 0 Å². The van der Waals surface area contributed by atoms with E-state index in [1.165, 1.54) is 0 Å². The van der Waals surface area contributed by atoms with Gasteiger partial charge in [0.2, 0.25) is 11.8 Å². The lowest BCUT2D eigenvalue weighted by Gasteiger charge is -2.34. The van der Waals surface area contributed by atoms with Crippen LogP contribution in [0.25, 0.3) is 0 Å². The van der Waals surface area contributed by atoms with Crippen molar-refractivity contribution in [2.24, 2.45) is 11.8 Å². The molecule has 0 bridgehead atoms. The summed E-state index contributed by atoms with van der Waals surface area (Å²) < 4.78 is 0. The molecule has 2 heterocycles. The summed E-state index contributed by atoms with van der Waals surface area (Å²) in [5.74, 6) is 0.539. The van der Waals surface area contributed by atoms with Crippen LogP contribution in [0.15, 0.2) is 0 Å². The van der Waals surface area contributed by atoms with E-state index in [1.807, 2.05) is 67.3 Å². The van der Waals surface area contributed by atoms with Crippen molar-refractivity contribution in [2.75, 3.05) is 33.2 Å². The van der Waals surface area contributed by atoms with E-state index in [1.54, 1.807) is 4.90 Å². The number of nitrogens with zero attached hydrogens (tertiary/aromatic N) is 2. The van der Waals surface area contributed by atoms with Gasteiger partial charge in [-0.3, -0.25) is 9.59 Å². The van der Waals surface area contributed by atoms with Crippen molar-refractivity contribution in [3.63, 3.8) is 0 Å². The van der Waals surface area contributed by atoms with Gasteiger partial charge in [0.1, 0.15) is 0 Å².